The molecule has 0 N–H and O–H groups in total. The minimum absolute atomic E-state index is 0.124. The van der Waals surface area contributed by atoms with Gasteiger partial charge in [-0.3, -0.25) is 4.98 Å². The fourth-order valence-corrected chi connectivity index (χ4v) is 4.63. The number of aromatic nitrogens is 1. The molecule has 1 saturated heterocycles. The van der Waals surface area contributed by atoms with Gasteiger partial charge in [-0.15, -0.1) is 0 Å². The number of nitrogens with zero attached hydrogens (tertiary/aromatic N) is 3. The number of rotatable bonds is 6. The SMILES string of the molecule is COc1cccc(Cc2cccc(C3CCCN(S(=O)(=O)N(C)C)C3)n2)c1. The summed E-state index contributed by atoms with van der Waals surface area (Å²) in [5.74, 6) is 0.958. The molecule has 146 valence electrons. The van der Waals surface area contributed by atoms with Gasteiger partial charge in [0.25, 0.3) is 10.2 Å². The molecule has 27 heavy (non-hydrogen) atoms. The maximum Gasteiger partial charge on any atom is 0.281 e. The average molecular weight is 390 g/mol. The Labute approximate surface area is 162 Å². The molecule has 0 aliphatic carbocycles. The molecule has 1 unspecified atom stereocenters. The van der Waals surface area contributed by atoms with Crippen molar-refractivity contribution < 1.29 is 13.2 Å². The molecule has 1 aromatic carbocycles. The highest BCUT2D eigenvalue weighted by atomic mass is 32.2. The Morgan fingerprint density at radius 2 is 2.00 bits per heavy atom. The zero-order valence-electron chi connectivity index (χ0n) is 16.1. The molecular formula is C20H27N3O3S. The van der Waals surface area contributed by atoms with Crippen LogP contribution in [0.25, 0.3) is 0 Å². The number of benzene rings is 1. The van der Waals surface area contributed by atoms with Crippen molar-refractivity contribution in [2.45, 2.75) is 25.2 Å². The second kappa shape index (κ2) is 8.37. The van der Waals surface area contributed by atoms with E-state index in [1.807, 2.05) is 36.4 Å². The molecule has 0 amide bonds. The highest BCUT2D eigenvalue weighted by molar-refractivity contribution is 7.86. The van der Waals surface area contributed by atoms with Crippen molar-refractivity contribution in [1.29, 1.82) is 0 Å². The highest BCUT2D eigenvalue weighted by Gasteiger charge is 2.31. The normalized spacial score (nSPS) is 18.6. The topological polar surface area (TPSA) is 62.7 Å². The van der Waals surface area contributed by atoms with E-state index in [1.165, 1.54) is 4.31 Å². The van der Waals surface area contributed by atoms with Gasteiger partial charge < -0.3 is 4.74 Å². The second-order valence-electron chi connectivity index (χ2n) is 7.07. The van der Waals surface area contributed by atoms with Crippen LogP contribution in [-0.4, -0.2) is 56.3 Å². The summed E-state index contributed by atoms with van der Waals surface area (Å²) >= 11 is 0. The molecule has 2 aromatic rings. The van der Waals surface area contributed by atoms with E-state index in [0.29, 0.717) is 13.1 Å². The number of hydrogen-bond acceptors (Lipinski definition) is 4. The first-order valence-electron chi connectivity index (χ1n) is 9.16. The lowest BCUT2D eigenvalue weighted by Gasteiger charge is -2.33. The van der Waals surface area contributed by atoms with Crippen LogP contribution in [-0.2, 0) is 16.6 Å². The van der Waals surface area contributed by atoms with Gasteiger partial charge in [0, 0.05) is 50.9 Å². The van der Waals surface area contributed by atoms with Crippen LogP contribution in [0.4, 0.5) is 0 Å². The van der Waals surface area contributed by atoms with Gasteiger partial charge in [0.2, 0.25) is 0 Å². The Bertz CT molecular complexity index is 884. The lowest BCUT2D eigenvalue weighted by Crippen LogP contribution is -2.45. The Balaban J connectivity index is 1.76. The molecule has 1 aliphatic rings. The maximum atomic E-state index is 12.5. The summed E-state index contributed by atoms with van der Waals surface area (Å²) in [4.78, 5) is 4.83. The van der Waals surface area contributed by atoms with Crippen molar-refractivity contribution in [3.05, 3.63) is 59.4 Å². The van der Waals surface area contributed by atoms with Crippen LogP contribution < -0.4 is 4.74 Å². The van der Waals surface area contributed by atoms with E-state index in [4.69, 9.17) is 9.72 Å². The molecule has 1 aromatic heterocycles. The van der Waals surface area contributed by atoms with Crippen molar-refractivity contribution in [3.63, 3.8) is 0 Å². The Kier molecular flexibility index (Phi) is 6.14. The molecule has 0 saturated carbocycles. The lowest BCUT2D eigenvalue weighted by atomic mass is 9.95. The van der Waals surface area contributed by atoms with Crippen LogP contribution in [0, 0.1) is 0 Å². The molecule has 0 spiro atoms. The monoisotopic (exact) mass is 389 g/mol. The minimum Gasteiger partial charge on any atom is -0.497 e. The largest absolute Gasteiger partial charge is 0.497 e. The molecule has 1 atom stereocenters. The number of hydrogen-bond donors (Lipinski definition) is 0. The van der Waals surface area contributed by atoms with Gasteiger partial charge in [-0.1, -0.05) is 18.2 Å². The third-order valence-electron chi connectivity index (χ3n) is 4.94. The third-order valence-corrected chi connectivity index (χ3v) is 6.84. The van der Waals surface area contributed by atoms with E-state index in [2.05, 4.69) is 6.07 Å². The van der Waals surface area contributed by atoms with Crippen LogP contribution in [0.2, 0.25) is 0 Å². The quantitative estimate of drug-likeness (QED) is 0.762. The van der Waals surface area contributed by atoms with Crippen LogP contribution in [0.1, 0.15) is 35.7 Å². The molecule has 2 heterocycles. The number of ether oxygens (including phenoxy) is 1. The number of piperidine rings is 1. The van der Waals surface area contributed by atoms with Crippen molar-refractivity contribution in [1.82, 2.24) is 13.6 Å². The van der Waals surface area contributed by atoms with Crippen LogP contribution in [0.15, 0.2) is 42.5 Å². The first-order chi connectivity index (χ1) is 12.9. The highest BCUT2D eigenvalue weighted by Crippen LogP contribution is 2.28. The molecule has 6 nitrogen and oxygen atoms in total. The molecule has 1 fully saturated rings. The zero-order valence-corrected chi connectivity index (χ0v) is 16.9. The first kappa shape index (κ1) is 19.8. The fourth-order valence-electron chi connectivity index (χ4n) is 3.44. The van der Waals surface area contributed by atoms with Crippen molar-refractivity contribution in [2.75, 3.05) is 34.3 Å². The molecule has 0 bridgehead atoms. The number of pyridine rings is 1. The van der Waals surface area contributed by atoms with Crippen molar-refractivity contribution >= 4 is 10.2 Å². The number of methoxy groups -OCH3 is 1. The minimum atomic E-state index is -3.38. The summed E-state index contributed by atoms with van der Waals surface area (Å²) in [6, 6.07) is 14.0. The van der Waals surface area contributed by atoms with E-state index in [0.717, 1.165) is 42.0 Å². The van der Waals surface area contributed by atoms with E-state index in [1.54, 1.807) is 25.5 Å². The van der Waals surface area contributed by atoms with Crippen LogP contribution in [0.5, 0.6) is 5.75 Å². The van der Waals surface area contributed by atoms with Crippen molar-refractivity contribution in [3.8, 4) is 5.75 Å². The predicted molar refractivity (Wildman–Crippen MR) is 106 cm³/mol. The summed E-state index contributed by atoms with van der Waals surface area (Å²) in [7, 11) is 1.43. The lowest BCUT2D eigenvalue weighted by molar-refractivity contribution is 0.296. The van der Waals surface area contributed by atoms with E-state index < -0.39 is 10.2 Å². The average Bonchev–Trinajstić information content (AvgIpc) is 2.68. The van der Waals surface area contributed by atoms with Crippen molar-refractivity contribution in [2.24, 2.45) is 0 Å². The van der Waals surface area contributed by atoms with E-state index in [9.17, 15) is 8.42 Å². The van der Waals surface area contributed by atoms with E-state index in [-0.39, 0.29) is 5.92 Å². The van der Waals surface area contributed by atoms with Gasteiger partial charge in [-0.2, -0.15) is 17.0 Å². The Morgan fingerprint density at radius 1 is 1.22 bits per heavy atom. The summed E-state index contributed by atoms with van der Waals surface area (Å²) in [6.45, 7) is 1.05. The smallest absolute Gasteiger partial charge is 0.281 e. The van der Waals surface area contributed by atoms with Gasteiger partial charge in [0.05, 0.1) is 7.11 Å². The zero-order chi connectivity index (χ0) is 19.4. The van der Waals surface area contributed by atoms with E-state index >= 15 is 0 Å². The predicted octanol–water partition coefficient (Wildman–Crippen LogP) is 2.67. The van der Waals surface area contributed by atoms with Gasteiger partial charge in [0.1, 0.15) is 5.75 Å². The standard InChI is InChI=1S/C20H27N3O3S/c1-22(2)27(24,25)23-12-6-8-17(15-23)20-11-5-9-18(21-20)13-16-7-4-10-19(14-16)26-3/h4-5,7,9-11,14,17H,6,8,12-13,15H2,1-3H3. The van der Waals surface area contributed by atoms with Gasteiger partial charge in [-0.05, 0) is 42.7 Å². The molecule has 3 rings (SSSR count). The molecule has 7 heteroatoms. The molecular weight excluding hydrogens is 362 g/mol. The van der Waals surface area contributed by atoms with Crippen LogP contribution in [0.3, 0.4) is 0 Å². The van der Waals surface area contributed by atoms with Crippen LogP contribution >= 0.6 is 0 Å². The Morgan fingerprint density at radius 3 is 2.74 bits per heavy atom. The van der Waals surface area contributed by atoms with Gasteiger partial charge >= 0.3 is 0 Å². The fraction of sp³-hybridized carbons (Fsp3) is 0.450. The molecule has 1 aliphatic heterocycles. The summed E-state index contributed by atoms with van der Waals surface area (Å²) < 4.78 is 33.0. The summed E-state index contributed by atoms with van der Waals surface area (Å²) in [6.07, 6.45) is 2.52. The molecule has 0 radical (unpaired) electrons. The Hall–Kier alpha value is -1.96. The summed E-state index contributed by atoms with van der Waals surface area (Å²) in [5, 5.41) is 0. The second-order valence-corrected chi connectivity index (χ2v) is 9.21. The van der Waals surface area contributed by atoms with Gasteiger partial charge in [-0.25, -0.2) is 0 Å². The maximum absolute atomic E-state index is 12.5. The third kappa shape index (κ3) is 4.66. The van der Waals surface area contributed by atoms with Gasteiger partial charge in [0.15, 0.2) is 0 Å². The first-order valence-corrected chi connectivity index (χ1v) is 10.6. The summed E-state index contributed by atoms with van der Waals surface area (Å²) in [5.41, 5.74) is 3.09.